The van der Waals surface area contributed by atoms with Crippen LogP contribution in [0.3, 0.4) is 0 Å². The molecule has 2 saturated heterocycles. The highest BCUT2D eigenvalue weighted by Gasteiger charge is 2.45. The van der Waals surface area contributed by atoms with Crippen LogP contribution in [0.4, 0.5) is 25.1 Å². The van der Waals surface area contributed by atoms with Crippen molar-refractivity contribution in [1.82, 2.24) is 9.88 Å². The summed E-state index contributed by atoms with van der Waals surface area (Å²) in [4.78, 5) is 21.9. The Morgan fingerprint density at radius 1 is 1.19 bits per heavy atom. The summed E-state index contributed by atoms with van der Waals surface area (Å²) in [6.07, 6.45) is 1.33. The topological polar surface area (TPSA) is 48.9 Å². The summed E-state index contributed by atoms with van der Waals surface area (Å²) in [7, 11) is 0. The van der Waals surface area contributed by atoms with E-state index in [0.717, 1.165) is 4.47 Å². The molecule has 0 radical (unpaired) electrons. The number of pyridine rings is 1. The average molecular weight is 433 g/mol. The van der Waals surface area contributed by atoms with Crippen molar-refractivity contribution in [1.29, 1.82) is 0 Å². The van der Waals surface area contributed by atoms with E-state index in [9.17, 15) is 13.6 Å². The molecular weight excluding hydrogens is 410 g/mol. The van der Waals surface area contributed by atoms with Gasteiger partial charge >= 0.3 is 6.09 Å². The molecule has 144 valence electrons. The summed E-state index contributed by atoms with van der Waals surface area (Å²) in [6.45, 7) is 7.07. The summed E-state index contributed by atoms with van der Waals surface area (Å²) in [5, 5.41) is 0. The number of halogens is 3. The van der Waals surface area contributed by atoms with Gasteiger partial charge < -0.3 is 19.4 Å². The first-order valence-corrected chi connectivity index (χ1v) is 9.35. The third-order valence-corrected chi connectivity index (χ3v) is 4.66. The van der Waals surface area contributed by atoms with E-state index in [1.807, 2.05) is 31.7 Å². The van der Waals surface area contributed by atoms with Gasteiger partial charge in [-0.25, -0.2) is 18.6 Å². The molecule has 0 unspecified atom stereocenters. The van der Waals surface area contributed by atoms with E-state index in [2.05, 4.69) is 20.9 Å². The lowest BCUT2D eigenvalue weighted by Crippen LogP contribution is -2.57. The first kappa shape index (κ1) is 19.1. The van der Waals surface area contributed by atoms with Crippen LogP contribution in [0.2, 0.25) is 0 Å². The van der Waals surface area contributed by atoms with Gasteiger partial charge in [0.2, 0.25) is 0 Å². The Morgan fingerprint density at radius 2 is 1.81 bits per heavy atom. The van der Waals surface area contributed by atoms with Crippen LogP contribution in [-0.4, -0.2) is 66.8 Å². The predicted molar refractivity (Wildman–Crippen MR) is 99.1 cm³/mol. The van der Waals surface area contributed by atoms with Crippen molar-refractivity contribution in [3.63, 3.8) is 0 Å². The second-order valence-electron chi connectivity index (χ2n) is 7.66. The molecule has 3 rings (SSSR count). The average Bonchev–Trinajstić information content (AvgIpc) is 2.51. The molecule has 1 aromatic rings. The molecule has 2 fully saturated rings. The number of hydrogen-bond donors (Lipinski definition) is 0. The number of amides is 1. The number of piperazine rings is 1. The van der Waals surface area contributed by atoms with Crippen molar-refractivity contribution in [2.45, 2.75) is 32.3 Å². The molecule has 26 heavy (non-hydrogen) atoms. The van der Waals surface area contributed by atoms with E-state index in [-0.39, 0.29) is 19.2 Å². The lowest BCUT2D eigenvalue weighted by Gasteiger charge is -2.43. The highest BCUT2D eigenvalue weighted by molar-refractivity contribution is 9.10. The Morgan fingerprint density at radius 3 is 2.35 bits per heavy atom. The fourth-order valence-electron chi connectivity index (χ4n) is 3.01. The van der Waals surface area contributed by atoms with Gasteiger partial charge in [0, 0.05) is 36.8 Å². The molecule has 1 amide bonds. The van der Waals surface area contributed by atoms with E-state index >= 15 is 0 Å². The summed E-state index contributed by atoms with van der Waals surface area (Å²) in [5.41, 5.74) is 0.160. The molecule has 1 aromatic heterocycles. The van der Waals surface area contributed by atoms with Crippen LogP contribution in [0.25, 0.3) is 0 Å². The van der Waals surface area contributed by atoms with Crippen molar-refractivity contribution < 1.29 is 18.3 Å². The largest absolute Gasteiger partial charge is 0.444 e. The third-order valence-electron chi connectivity index (χ3n) is 4.23. The first-order valence-electron chi connectivity index (χ1n) is 8.55. The minimum absolute atomic E-state index is 0.296. The van der Waals surface area contributed by atoms with E-state index in [0.29, 0.717) is 37.7 Å². The molecule has 0 aromatic carbocycles. The van der Waals surface area contributed by atoms with Crippen LogP contribution in [-0.2, 0) is 4.74 Å². The number of rotatable bonds is 2. The van der Waals surface area contributed by atoms with Gasteiger partial charge in [-0.05, 0) is 42.8 Å². The van der Waals surface area contributed by atoms with Crippen molar-refractivity contribution in [3.8, 4) is 0 Å². The van der Waals surface area contributed by atoms with Gasteiger partial charge in [-0.3, -0.25) is 0 Å². The molecule has 0 saturated carbocycles. The van der Waals surface area contributed by atoms with Gasteiger partial charge in [0.1, 0.15) is 5.60 Å². The number of anilines is 2. The molecule has 2 aliphatic heterocycles. The molecule has 0 N–H and O–H groups in total. The SMILES string of the molecule is CC(C)(C)OC(=O)N1CCN(c2ncc(Br)cc2N2CC(F)(F)C2)CC1. The number of alkyl halides is 2. The van der Waals surface area contributed by atoms with Crippen LogP contribution < -0.4 is 9.80 Å². The fourth-order valence-corrected chi connectivity index (χ4v) is 3.33. The number of aromatic nitrogens is 1. The summed E-state index contributed by atoms with van der Waals surface area (Å²) >= 11 is 3.36. The Kier molecular flexibility index (Phi) is 5.02. The predicted octanol–water partition coefficient (Wildman–Crippen LogP) is 3.36. The van der Waals surface area contributed by atoms with Gasteiger partial charge in [0.05, 0.1) is 18.8 Å². The minimum atomic E-state index is -2.64. The quantitative estimate of drug-likeness (QED) is 0.716. The third kappa shape index (κ3) is 4.36. The monoisotopic (exact) mass is 432 g/mol. The molecule has 0 spiro atoms. The number of nitrogens with zero attached hydrogens (tertiary/aromatic N) is 4. The second kappa shape index (κ2) is 6.83. The number of carbonyl (C=O) groups is 1. The van der Waals surface area contributed by atoms with Crippen LogP contribution in [0.1, 0.15) is 20.8 Å². The van der Waals surface area contributed by atoms with Crippen LogP contribution >= 0.6 is 15.9 Å². The highest BCUT2D eigenvalue weighted by Crippen LogP contribution is 2.38. The van der Waals surface area contributed by atoms with E-state index < -0.39 is 11.5 Å². The summed E-state index contributed by atoms with van der Waals surface area (Å²) in [5.74, 6) is -1.97. The Labute approximate surface area is 160 Å². The Balaban J connectivity index is 1.67. The van der Waals surface area contributed by atoms with E-state index in [1.54, 1.807) is 16.0 Å². The zero-order valence-electron chi connectivity index (χ0n) is 15.1. The normalized spacial score (nSPS) is 20.0. The van der Waals surface area contributed by atoms with Crippen molar-refractivity contribution in [3.05, 3.63) is 16.7 Å². The van der Waals surface area contributed by atoms with E-state index in [4.69, 9.17) is 4.74 Å². The fraction of sp³-hybridized carbons (Fsp3) is 0.647. The molecular formula is C17H23BrF2N4O2. The number of carbonyl (C=O) groups excluding carboxylic acids is 1. The number of ether oxygens (including phenoxy) is 1. The molecule has 0 bridgehead atoms. The van der Waals surface area contributed by atoms with Crippen molar-refractivity contribution in [2.75, 3.05) is 49.1 Å². The zero-order chi connectivity index (χ0) is 19.1. The maximum Gasteiger partial charge on any atom is 0.410 e. The highest BCUT2D eigenvalue weighted by atomic mass is 79.9. The van der Waals surface area contributed by atoms with Crippen LogP contribution in [0.15, 0.2) is 16.7 Å². The Bertz CT molecular complexity index is 680. The maximum absolute atomic E-state index is 13.3. The summed E-state index contributed by atoms with van der Waals surface area (Å²) < 4.78 is 32.7. The molecule has 3 heterocycles. The van der Waals surface area contributed by atoms with Gasteiger partial charge in [-0.15, -0.1) is 0 Å². The maximum atomic E-state index is 13.3. The van der Waals surface area contributed by atoms with Crippen LogP contribution in [0.5, 0.6) is 0 Å². The smallest absolute Gasteiger partial charge is 0.410 e. The second-order valence-corrected chi connectivity index (χ2v) is 8.58. The zero-order valence-corrected chi connectivity index (χ0v) is 16.7. The first-order chi connectivity index (χ1) is 12.0. The van der Waals surface area contributed by atoms with Gasteiger partial charge in [-0.1, -0.05) is 0 Å². The van der Waals surface area contributed by atoms with Gasteiger partial charge in [-0.2, -0.15) is 0 Å². The molecule has 6 nitrogen and oxygen atoms in total. The molecule has 0 aliphatic carbocycles. The Hall–Kier alpha value is -1.64. The number of hydrogen-bond acceptors (Lipinski definition) is 5. The van der Waals surface area contributed by atoms with Crippen molar-refractivity contribution >= 4 is 33.5 Å². The standard InChI is InChI=1S/C17H23BrF2N4O2/c1-16(2,3)26-15(25)23-6-4-22(5-7-23)14-13(8-12(18)9-21-14)24-10-17(19,20)11-24/h8-9H,4-7,10-11H2,1-3H3. The molecule has 0 atom stereocenters. The van der Waals surface area contributed by atoms with Crippen molar-refractivity contribution in [2.24, 2.45) is 0 Å². The summed E-state index contributed by atoms with van der Waals surface area (Å²) in [6, 6.07) is 1.82. The van der Waals surface area contributed by atoms with Gasteiger partial charge in [0.15, 0.2) is 5.82 Å². The van der Waals surface area contributed by atoms with E-state index in [1.165, 1.54) is 0 Å². The molecule has 9 heteroatoms. The van der Waals surface area contributed by atoms with Gasteiger partial charge in [0.25, 0.3) is 5.92 Å². The van der Waals surface area contributed by atoms with Crippen LogP contribution in [0, 0.1) is 0 Å². The lowest BCUT2D eigenvalue weighted by molar-refractivity contribution is -0.0262. The lowest BCUT2D eigenvalue weighted by atomic mass is 10.1. The minimum Gasteiger partial charge on any atom is -0.444 e. The molecule has 2 aliphatic rings.